The van der Waals surface area contributed by atoms with Crippen LogP contribution in [0.5, 0.6) is 0 Å². The molecule has 0 saturated carbocycles. The number of benzene rings is 5. The van der Waals surface area contributed by atoms with Crippen LogP contribution in [0.2, 0.25) is 0 Å². The van der Waals surface area contributed by atoms with Crippen LogP contribution >= 0.6 is 11.3 Å². The van der Waals surface area contributed by atoms with Crippen molar-refractivity contribution in [2.24, 2.45) is 0 Å². The normalized spacial score (nSPS) is 14.5. The molecule has 270 valence electrons. The van der Waals surface area contributed by atoms with E-state index < -0.39 is 0 Å². The van der Waals surface area contributed by atoms with Crippen molar-refractivity contribution in [1.82, 2.24) is 0 Å². The molecule has 0 aliphatic heterocycles. The van der Waals surface area contributed by atoms with Gasteiger partial charge in [0.25, 0.3) is 0 Å². The zero-order valence-electron chi connectivity index (χ0n) is 32.6. The molecule has 1 nitrogen and oxygen atoms in total. The van der Waals surface area contributed by atoms with Crippen LogP contribution in [-0.2, 0) is 5.41 Å². The SMILES string of the molecule is C#C/C=C\C(=C/C)c1ccc(N(C(/C=C\C)=C/C=C/C(/C=C\C)=C/C)c2ccc(-c3cccc4c3sc3c5c(ccc34)C(C)(C)c3ccccc3-5)cc2)cc1. The van der Waals surface area contributed by atoms with Crippen LogP contribution in [0.3, 0.4) is 0 Å². The Hall–Kier alpha value is -6.14. The third-order valence-corrected chi connectivity index (χ3v) is 11.9. The molecule has 1 heterocycles. The molecule has 7 rings (SSSR count). The summed E-state index contributed by atoms with van der Waals surface area (Å²) < 4.78 is 2.71. The van der Waals surface area contributed by atoms with Crippen LogP contribution in [0.1, 0.15) is 58.2 Å². The fraction of sp³-hybridized carbons (Fsp3) is 0.132. The van der Waals surface area contributed by atoms with Gasteiger partial charge in [0, 0.05) is 48.2 Å². The van der Waals surface area contributed by atoms with Gasteiger partial charge in [-0.3, -0.25) is 0 Å². The first-order valence-corrected chi connectivity index (χ1v) is 19.8. The van der Waals surface area contributed by atoms with Gasteiger partial charge in [-0.25, -0.2) is 0 Å². The second-order valence-electron chi connectivity index (χ2n) is 14.2. The van der Waals surface area contributed by atoms with E-state index in [-0.39, 0.29) is 5.41 Å². The van der Waals surface area contributed by atoms with Crippen molar-refractivity contribution in [3.05, 3.63) is 198 Å². The molecule has 55 heavy (non-hydrogen) atoms. The van der Waals surface area contributed by atoms with E-state index in [9.17, 15) is 0 Å². The lowest BCUT2D eigenvalue weighted by Crippen LogP contribution is -2.15. The van der Waals surface area contributed by atoms with E-state index in [0.717, 1.165) is 33.8 Å². The molecule has 1 aliphatic rings. The van der Waals surface area contributed by atoms with Crippen LogP contribution in [0.25, 0.3) is 48.0 Å². The summed E-state index contributed by atoms with van der Waals surface area (Å²) in [4.78, 5) is 2.32. The Bertz CT molecular complexity index is 2640. The number of hydrogen-bond donors (Lipinski definition) is 0. The number of fused-ring (bicyclic) bond motifs is 7. The van der Waals surface area contributed by atoms with Gasteiger partial charge in [0.1, 0.15) is 0 Å². The maximum atomic E-state index is 5.52. The Morgan fingerprint density at radius 3 is 2.04 bits per heavy atom. The van der Waals surface area contributed by atoms with Gasteiger partial charge in [0.15, 0.2) is 0 Å². The average molecular weight is 730 g/mol. The Labute approximate surface area is 331 Å². The topological polar surface area (TPSA) is 3.24 Å². The van der Waals surface area contributed by atoms with E-state index in [4.69, 9.17) is 6.42 Å². The van der Waals surface area contributed by atoms with Crippen molar-refractivity contribution in [1.29, 1.82) is 0 Å². The summed E-state index contributed by atoms with van der Waals surface area (Å²) in [6.45, 7) is 12.9. The Kier molecular flexibility index (Phi) is 10.9. The number of allylic oxidation sites excluding steroid dienone is 13. The van der Waals surface area contributed by atoms with E-state index >= 15 is 0 Å². The molecule has 5 aromatic carbocycles. The molecule has 0 unspecified atom stereocenters. The van der Waals surface area contributed by atoms with E-state index in [2.05, 4.69) is 196 Å². The zero-order chi connectivity index (χ0) is 38.5. The zero-order valence-corrected chi connectivity index (χ0v) is 33.4. The molecular weight excluding hydrogens is 683 g/mol. The van der Waals surface area contributed by atoms with Crippen LogP contribution in [-0.4, -0.2) is 0 Å². The highest BCUT2D eigenvalue weighted by Gasteiger charge is 2.36. The monoisotopic (exact) mass is 729 g/mol. The highest BCUT2D eigenvalue weighted by molar-refractivity contribution is 7.27. The first kappa shape index (κ1) is 37.2. The molecule has 0 N–H and O–H groups in total. The van der Waals surface area contributed by atoms with E-state index in [0.29, 0.717) is 0 Å². The predicted molar refractivity (Wildman–Crippen MR) is 243 cm³/mol. The second-order valence-corrected chi connectivity index (χ2v) is 15.3. The van der Waals surface area contributed by atoms with Crippen molar-refractivity contribution in [2.75, 3.05) is 4.90 Å². The molecule has 1 aromatic heterocycles. The summed E-state index contributed by atoms with van der Waals surface area (Å²) in [5.41, 5.74) is 14.6. The van der Waals surface area contributed by atoms with E-state index in [1.165, 1.54) is 53.6 Å². The minimum Gasteiger partial charge on any atom is -0.311 e. The van der Waals surface area contributed by atoms with Crippen molar-refractivity contribution in [2.45, 2.75) is 47.0 Å². The van der Waals surface area contributed by atoms with Gasteiger partial charge < -0.3 is 4.90 Å². The lowest BCUT2D eigenvalue weighted by molar-refractivity contribution is 0.661. The molecule has 0 saturated heterocycles. The number of thiophene rings is 1. The van der Waals surface area contributed by atoms with Crippen molar-refractivity contribution in [3.8, 4) is 34.6 Å². The summed E-state index contributed by atoms with van der Waals surface area (Å²) >= 11 is 1.93. The third-order valence-electron chi connectivity index (χ3n) is 10.6. The summed E-state index contributed by atoms with van der Waals surface area (Å²) in [5, 5.41) is 2.65. The van der Waals surface area contributed by atoms with Gasteiger partial charge in [-0.15, -0.1) is 17.8 Å². The summed E-state index contributed by atoms with van der Waals surface area (Å²) in [6, 6.07) is 38.2. The van der Waals surface area contributed by atoms with Gasteiger partial charge in [0.05, 0.1) is 0 Å². The third kappa shape index (κ3) is 7.01. The summed E-state index contributed by atoms with van der Waals surface area (Å²) in [5.74, 6) is 2.61. The molecule has 0 spiro atoms. The van der Waals surface area contributed by atoms with Gasteiger partial charge in [0.2, 0.25) is 0 Å². The lowest BCUT2D eigenvalue weighted by atomic mass is 9.82. The first-order valence-electron chi connectivity index (χ1n) is 19.0. The number of anilines is 2. The maximum Gasteiger partial charge on any atom is 0.0462 e. The smallest absolute Gasteiger partial charge is 0.0462 e. The molecule has 1 aliphatic carbocycles. The minimum atomic E-state index is -0.0211. The second kappa shape index (κ2) is 16.1. The number of hydrogen-bond acceptors (Lipinski definition) is 2. The van der Waals surface area contributed by atoms with Crippen LogP contribution in [0, 0.1) is 12.3 Å². The highest BCUT2D eigenvalue weighted by Crippen LogP contribution is 2.54. The molecule has 0 bridgehead atoms. The van der Waals surface area contributed by atoms with Gasteiger partial charge in [-0.1, -0.05) is 141 Å². The molecule has 0 radical (unpaired) electrons. The minimum absolute atomic E-state index is 0.0211. The Morgan fingerprint density at radius 2 is 1.35 bits per heavy atom. The number of terminal acetylenes is 1. The quantitative estimate of drug-likeness (QED) is 0.100. The van der Waals surface area contributed by atoms with E-state index in [1.807, 2.05) is 31.3 Å². The average Bonchev–Trinajstić information content (AvgIpc) is 3.71. The molecule has 0 amide bonds. The standard InChI is InChI=1S/C53H47NS/c1-8-13-21-38(12-5)39-27-31-42(32-28-39)54(41(19-10-3)22-16-20-37(11-4)18-9-2)43-33-29-40(30-34-43)44-24-17-25-45-46-35-36-49-50(52(46)55-51(44)45)47-23-14-15-26-48(47)53(49,6)7/h1,9-36H,2-7H3/b18-9-,19-10-,20-16+,21-13-,37-11+,38-12+,41-22+. The molecular formula is C53H47NS. The molecule has 0 atom stereocenters. The molecule has 0 fully saturated rings. The fourth-order valence-electron chi connectivity index (χ4n) is 7.88. The van der Waals surface area contributed by atoms with E-state index in [1.54, 1.807) is 6.08 Å². The van der Waals surface area contributed by atoms with Crippen molar-refractivity contribution < 1.29 is 0 Å². The van der Waals surface area contributed by atoms with Crippen LogP contribution in [0.15, 0.2) is 181 Å². The highest BCUT2D eigenvalue weighted by atomic mass is 32.1. The maximum absolute atomic E-state index is 5.52. The predicted octanol–water partition coefficient (Wildman–Crippen LogP) is 15.3. The Balaban J connectivity index is 1.33. The molecule has 6 aromatic rings. The van der Waals surface area contributed by atoms with Gasteiger partial charge >= 0.3 is 0 Å². The van der Waals surface area contributed by atoms with Crippen molar-refractivity contribution in [3.63, 3.8) is 0 Å². The van der Waals surface area contributed by atoms with Gasteiger partial charge in [-0.2, -0.15) is 0 Å². The Morgan fingerprint density at radius 1 is 0.655 bits per heavy atom. The number of nitrogens with zero attached hydrogens (tertiary/aromatic N) is 1. The van der Waals surface area contributed by atoms with Crippen LogP contribution < -0.4 is 4.90 Å². The van der Waals surface area contributed by atoms with Crippen molar-refractivity contribution >= 4 is 48.5 Å². The fourth-order valence-corrected chi connectivity index (χ4v) is 9.28. The summed E-state index contributed by atoms with van der Waals surface area (Å²) in [6.07, 6.45) is 28.3. The summed E-state index contributed by atoms with van der Waals surface area (Å²) in [7, 11) is 0. The van der Waals surface area contributed by atoms with Crippen LogP contribution in [0.4, 0.5) is 11.4 Å². The largest absolute Gasteiger partial charge is 0.311 e. The number of rotatable bonds is 10. The van der Waals surface area contributed by atoms with Gasteiger partial charge in [-0.05, 0) is 121 Å². The lowest BCUT2D eigenvalue weighted by Gasteiger charge is -2.27. The first-order chi connectivity index (χ1) is 26.8. The molecule has 2 heteroatoms.